The maximum Gasteiger partial charge on any atom is 0.227 e. The first-order chi connectivity index (χ1) is 17.1. The van der Waals surface area contributed by atoms with Gasteiger partial charge in [-0.2, -0.15) is 0 Å². The van der Waals surface area contributed by atoms with Gasteiger partial charge in [0.25, 0.3) is 0 Å². The fourth-order valence-corrected chi connectivity index (χ4v) is 4.69. The molecule has 2 aromatic heterocycles. The van der Waals surface area contributed by atoms with Crippen molar-refractivity contribution in [2.75, 3.05) is 33.2 Å². The van der Waals surface area contributed by atoms with E-state index in [-0.39, 0.29) is 12.5 Å². The van der Waals surface area contributed by atoms with E-state index < -0.39 is 0 Å². The van der Waals surface area contributed by atoms with Crippen LogP contribution in [0.2, 0.25) is 0 Å². The first-order valence-corrected chi connectivity index (χ1v) is 11.9. The van der Waals surface area contributed by atoms with Crippen LogP contribution in [0.3, 0.4) is 0 Å². The quantitative estimate of drug-likeness (QED) is 0.424. The number of hydrogen-bond donors (Lipinski definition) is 2. The van der Waals surface area contributed by atoms with Crippen molar-refractivity contribution in [3.05, 3.63) is 76.7 Å². The van der Waals surface area contributed by atoms with E-state index >= 15 is 0 Å². The van der Waals surface area contributed by atoms with E-state index in [1.54, 1.807) is 0 Å². The SMILES string of the molecule is CN1CCN(C(=O)Cc2cccc(/C=C/c3cc4c(ccc5c(C=O)c(CN)[nH]c54)cn3)c2)CC1. The maximum atomic E-state index is 12.7. The van der Waals surface area contributed by atoms with Gasteiger partial charge < -0.3 is 20.5 Å². The van der Waals surface area contributed by atoms with Gasteiger partial charge >= 0.3 is 0 Å². The molecule has 0 saturated carbocycles. The molecule has 3 N–H and O–H groups in total. The molecule has 7 nitrogen and oxygen atoms in total. The second kappa shape index (κ2) is 9.82. The molecule has 35 heavy (non-hydrogen) atoms. The van der Waals surface area contributed by atoms with Crippen LogP contribution >= 0.6 is 0 Å². The van der Waals surface area contributed by atoms with Gasteiger partial charge in [0.2, 0.25) is 5.91 Å². The molecule has 1 amide bonds. The van der Waals surface area contributed by atoms with Crippen LogP contribution < -0.4 is 5.73 Å². The highest BCUT2D eigenvalue weighted by Gasteiger charge is 2.19. The third-order valence-electron chi connectivity index (χ3n) is 6.75. The van der Waals surface area contributed by atoms with E-state index in [2.05, 4.69) is 28.0 Å². The van der Waals surface area contributed by atoms with Crippen LogP contribution in [-0.4, -0.2) is 65.2 Å². The minimum atomic E-state index is 0.178. The first-order valence-electron chi connectivity index (χ1n) is 11.9. The van der Waals surface area contributed by atoms with Gasteiger partial charge in [-0.1, -0.05) is 42.5 Å². The van der Waals surface area contributed by atoms with Crippen molar-refractivity contribution in [1.29, 1.82) is 0 Å². The number of fused-ring (bicyclic) bond motifs is 3. The summed E-state index contributed by atoms with van der Waals surface area (Å²) in [5.41, 5.74) is 10.9. The standard InChI is InChI=1S/C28H29N5O2/c1-32-9-11-33(12-10-32)27(35)14-20-4-2-3-19(13-20)5-7-22-15-24-21(17-30-22)6-8-23-25(18-34)26(16-29)31-28(23)24/h2-8,13,15,17-18,31H,9-12,14,16,29H2,1H3/b7-5+. The van der Waals surface area contributed by atoms with Crippen molar-refractivity contribution in [3.63, 3.8) is 0 Å². The largest absolute Gasteiger partial charge is 0.356 e. The number of likely N-dealkylation sites (N-methyl/N-ethyl adjacent to an activating group) is 1. The van der Waals surface area contributed by atoms with Crippen LogP contribution in [0.4, 0.5) is 0 Å². The highest BCUT2D eigenvalue weighted by atomic mass is 16.2. The van der Waals surface area contributed by atoms with Crippen LogP contribution in [0.15, 0.2) is 48.7 Å². The summed E-state index contributed by atoms with van der Waals surface area (Å²) in [4.78, 5) is 36.4. The Morgan fingerprint density at radius 1 is 1.09 bits per heavy atom. The Hall–Kier alpha value is -3.81. The number of benzene rings is 2. The summed E-state index contributed by atoms with van der Waals surface area (Å²) < 4.78 is 0. The molecule has 5 rings (SSSR count). The lowest BCUT2D eigenvalue weighted by Gasteiger charge is -2.32. The van der Waals surface area contributed by atoms with Gasteiger partial charge in [-0.15, -0.1) is 0 Å². The Morgan fingerprint density at radius 3 is 2.69 bits per heavy atom. The summed E-state index contributed by atoms with van der Waals surface area (Å²) in [6, 6.07) is 14.0. The van der Waals surface area contributed by atoms with Gasteiger partial charge in [-0.3, -0.25) is 14.6 Å². The van der Waals surface area contributed by atoms with Crippen LogP contribution in [0.5, 0.6) is 0 Å². The molecule has 178 valence electrons. The van der Waals surface area contributed by atoms with Crippen LogP contribution in [0.1, 0.15) is 32.9 Å². The normalized spacial score (nSPS) is 14.9. The predicted molar refractivity (Wildman–Crippen MR) is 140 cm³/mol. The lowest BCUT2D eigenvalue weighted by atomic mass is 10.0. The van der Waals surface area contributed by atoms with Crippen molar-refractivity contribution in [2.45, 2.75) is 13.0 Å². The topological polar surface area (TPSA) is 95.3 Å². The number of pyridine rings is 1. The van der Waals surface area contributed by atoms with Crippen molar-refractivity contribution in [2.24, 2.45) is 5.73 Å². The third-order valence-corrected chi connectivity index (χ3v) is 6.75. The Morgan fingerprint density at radius 2 is 1.91 bits per heavy atom. The van der Waals surface area contributed by atoms with E-state index in [1.807, 2.05) is 59.6 Å². The number of nitrogens with one attached hydrogen (secondary N) is 1. The average Bonchev–Trinajstić information content (AvgIpc) is 3.26. The van der Waals surface area contributed by atoms with Crippen molar-refractivity contribution < 1.29 is 9.59 Å². The van der Waals surface area contributed by atoms with Gasteiger partial charge in [0, 0.05) is 66.3 Å². The highest BCUT2D eigenvalue weighted by molar-refractivity contribution is 6.11. The molecule has 0 radical (unpaired) electrons. The van der Waals surface area contributed by atoms with Gasteiger partial charge in [0.1, 0.15) is 0 Å². The molecule has 1 aliphatic rings. The van der Waals surface area contributed by atoms with Gasteiger partial charge in [-0.05, 0) is 30.3 Å². The number of aldehydes is 1. The number of piperazine rings is 1. The highest BCUT2D eigenvalue weighted by Crippen LogP contribution is 2.29. The van der Waals surface area contributed by atoms with Crippen LogP contribution in [-0.2, 0) is 17.8 Å². The average molecular weight is 468 g/mol. The van der Waals surface area contributed by atoms with Crippen molar-refractivity contribution in [3.8, 4) is 0 Å². The molecule has 0 spiro atoms. The number of nitrogens with zero attached hydrogens (tertiary/aromatic N) is 3. The van der Waals surface area contributed by atoms with Gasteiger partial charge in [-0.25, -0.2) is 0 Å². The molecular weight excluding hydrogens is 438 g/mol. The molecule has 4 aromatic rings. The number of aromatic amines is 1. The molecule has 3 heterocycles. The number of carbonyl (C=O) groups is 2. The predicted octanol–water partition coefficient (Wildman–Crippen LogP) is 3.47. The lowest BCUT2D eigenvalue weighted by Crippen LogP contribution is -2.47. The molecule has 2 aromatic carbocycles. The number of hydrogen-bond acceptors (Lipinski definition) is 5. The number of H-pyrrole nitrogens is 1. The Bertz CT molecular complexity index is 1430. The van der Waals surface area contributed by atoms with Crippen LogP contribution in [0, 0.1) is 0 Å². The zero-order valence-electron chi connectivity index (χ0n) is 19.8. The zero-order valence-corrected chi connectivity index (χ0v) is 19.8. The second-order valence-electron chi connectivity index (χ2n) is 9.10. The molecule has 0 aliphatic carbocycles. The van der Waals surface area contributed by atoms with E-state index in [1.165, 1.54) is 0 Å². The fourth-order valence-electron chi connectivity index (χ4n) is 4.69. The molecule has 1 fully saturated rings. The molecule has 1 saturated heterocycles. The second-order valence-corrected chi connectivity index (χ2v) is 9.10. The molecule has 0 unspecified atom stereocenters. The molecule has 7 heteroatoms. The number of aromatic nitrogens is 2. The minimum absolute atomic E-state index is 0.178. The van der Waals surface area contributed by atoms with E-state index in [0.29, 0.717) is 12.0 Å². The number of rotatable bonds is 6. The zero-order chi connectivity index (χ0) is 24.4. The third kappa shape index (κ3) is 4.73. The summed E-state index contributed by atoms with van der Waals surface area (Å²) in [5.74, 6) is 0.178. The Kier molecular flexibility index (Phi) is 6.44. The first kappa shape index (κ1) is 23.0. The fraction of sp³-hybridized carbons (Fsp3) is 0.250. The smallest absolute Gasteiger partial charge is 0.227 e. The minimum Gasteiger partial charge on any atom is -0.356 e. The summed E-state index contributed by atoms with van der Waals surface area (Å²) in [6.45, 7) is 3.70. The van der Waals surface area contributed by atoms with E-state index in [0.717, 1.165) is 76.7 Å². The van der Waals surface area contributed by atoms with Crippen LogP contribution in [0.25, 0.3) is 33.8 Å². The summed E-state index contributed by atoms with van der Waals surface area (Å²) >= 11 is 0. The summed E-state index contributed by atoms with van der Waals surface area (Å²) in [6.07, 6.45) is 7.08. The molecular formula is C28H29N5O2. The molecule has 0 bridgehead atoms. The van der Waals surface area contributed by atoms with E-state index in [4.69, 9.17) is 5.73 Å². The van der Waals surface area contributed by atoms with Gasteiger partial charge in [0.15, 0.2) is 6.29 Å². The monoisotopic (exact) mass is 467 g/mol. The Labute approximate surface area is 204 Å². The van der Waals surface area contributed by atoms with Crippen molar-refractivity contribution in [1.82, 2.24) is 19.8 Å². The van der Waals surface area contributed by atoms with E-state index in [9.17, 15) is 9.59 Å². The number of nitrogens with two attached hydrogens (primary N) is 1. The van der Waals surface area contributed by atoms with Gasteiger partial charge in [0.05, 0.1) is 17.6 Å². The summed E-state index contributed by atoms with van der Waals surface area (Å²) in [7, 11) is 2.09. The molecule has 1 aliphatic heterocycles. The number of amides is 1. The molecule has 0 atom stereocenters. The lowest BCUT2D eigenvalue weighted by molar-refractivity contribution is -0.132. The maximum absolute atomic E-state index is 12.7. The summed E-state index contributed by atoms with van der Waals surface area (Å²) in [5, 5.41) is 2.85. The Balaban J connectivity index is 1.37. The number of carbonyl (C=O) groups excluding carboxylic acids is 2. The van der Waals surface area contributed by atoms with Crippen molar-refractivity contribution >= 4 is 46.0 Å².